The molecule has 39 heavy (non-hydrogen) atoms. The predicted molar refractivity (Wildman–Crippen MR) is 153 cm³/mol. The molecule has 208 valence electrons. The third-order valence-corrected chi connectivity index (χ3v) is 10.5. The van der Waals surface area contributed by atoms with Crippen LogP contribution in [0.5, 0.6) is 0 Å². The number of anilines is 1. The van der Waals surface area contributed by atoms with Crippen LogP contribution in [0.1, 0.15) is 42.5 Å². The number of carbonyl (C=O) groups is 2. The second-order valence-electron chi connectivity index (χ2n) is 10.7. The van der Waals surface area contributed by atoms with Crippen LogP contribution in [0, 0.1) is 5.41 Å². The SMILES string of the molecule is NC1C/C=C/CN(c2ccc(Cl)cc2)S(=O)(=O)c2cc(ccc2Cl)C(=O)N2CCCCC3(CCN(C3)C1=O)C2. The van der Waals surface area contributed by atoms with Crippen LogP contribution in [0.3, 0.4) is 0 Å². The van der Waals surface area contributed by atoms with Crippen molar-refractivity contribution in [1.29, 1.82) is 0 Å². The van der Waals surface area contributed by atoms with Crippen molar-refractivity contribution < 1.29 is 18.0 Å². The Morgan fingerprint density at radius 1 is 0.897 bits per heavy atom. The van der Waals surface area contributed by atoms with Gasteiger partial charge < -0.3 is 15.5 Å². The number of nitrogens with zero attached hydrogens (tertiary/aromatic N) is 3. The van der Waals surface area contributed by atoms with Crippen molar-refractivity contribution in [2.45, 2.75) is 43.0 Å². The number of sulfonamides is 1. The number of halogens is 2. The minimum atomic E-state index is -4.19. The highest BCUT2D eigenvalue weighted by Gasteiger charge is 2.43. The summed E-state index contributed by atoms with van der Waals surface area (Å²) in [6.07, 6.45) is 7.21. The van der Waals surface area contributed by atoms with E-state index in [0.717, 1.165) is 25.7 Å². The first-order valence-corrected chi connectivity index (χ1v) is 15.4. The van der Waals surface area contributed by atoms with Crippen molar-refractivity contribution in [3.63, 3.8) is 0 Å². The Morgan fingerprint density at radius 3 is 2.41 bits per heavy atom. The quantitative estimate of drug-likeness (QED) is 0.498. The maximum atomic E-state index is 14.0. The molecule has 2 aromatic rings. The molecule has 5 bridgehead atoms. The molecule has 1 spiro atoms. The highest BCUT2D eigenvalue weighted by molar-refractivity contribution is 7.93. The molecule has 2 fully saturated rings. The number of benzene rings is 2. The molecule has 0 aliphatic carbocycles. The van der Waals surface area contributed by atoms with Crippen LogP contribution in [-0.4, -0.2) is 68.8 Å². The van der Waals surface area contributed by atoms with Crippen LogP contribution in [0.15, 0.2) is 59.5 Å². The monoisotopic (exact) mass is 590 g/mol. The van der Waals surface area contributed by atoms with E-state index in [0.29, 0.717) is 36.9 Å². The molecule has 11 heteroatoms. The lowest BCUT2D eigenvalue weighted by Gasteiger charge is -2.33. The van der Waals surface area contributed by atoms with E-state index in [4.69, 9.17) is 28.9 Å². The maximum Gasteiger partial charge on any atom is 0.266 e. The molecule has 2 atom stereocenters. The fraction of sp³-hybridized carbons (Fsp3) is 0.429. The Kier molecular flexibility index (Phi) is 7.97. The number of carbonyl (C=O) groups excluding carboxylic acids is 2. The molecule has 3 aliphatic rings. The highest BCUT2D eigenvalue weighted by atomic mass is 35.5. The molecular weight excluding hydrogens is 559 g/mol. The molecular formula is C28H32Cl2N4O4S. The molecule has 2 unspecified atom stereocenters. The summed E-state index contributed by atoms with van der Waals surface area (Å²) in [6.45, 7) is 2.23. The van der Waals surface area contributed by atoms with Gasteiger partial charge in [0.05, 0.1) is 23.3 Å². The zero-order chi connectivity index (χ0) is 27.8. The van der Waals surface area contributed by atoms with Gasteiger partial charge in [-0.1, -0.05) is 41.8 Å². The fourth-order valence-corrected chi connectivity index (χ4v) is 7.87. The van der Waals surface area contributed by atoms with E-state index in [1.165, 1.54) is 16.4 Å². The number of fused-ring (bicyclic) bond motifs is 4. The van der Waals surface area contributed by atoms with Gasteiger partial charge in [0.2, 0.25) is 5.91 Å². The third-order valence-electron chi connectivity index (χ3n) is 7.95. The van der Waals surface area contributed by atoms with Crippen molar-refractivity contribution in [2.24, 2.45) is 11.1 Å². The predicted octanol–water partition coefficient (Wildman–Crippen LogP) is 4.32. The number of amides is 2. The molecule has 2 N–H and O–H groups in total. The Labute approximate surface area is 239 Å². The second kappa shape index (κ2) is 11.1. The molecule has 0 saturated carbocycles. The summed E-state index contributed by atoms with van der Waals surface area (Å²) in [4.78, 5) is 30.4. The average molecular weight is 592 g/mol. The van der Waals surface area contributed by atoms with Crippen molar-refractivity contribution in [3.05, 3.63) is 70.2 Å². The molecule has 0 aromatic heterocycles. The van der Waals surface area contributed by atoms with Gasteiger partial charge in [-0.2, -0.15) is 0 Å². The second-order valence-corrected chi connectivity index (χ2v) is 13.3. The van der Waals surface area contributed by atoms with E-state index >= 15 is 0 Å². The van der Waals surface area contributed by atoms with Crippen LogP contribution in [0.2, 0.25) is 10.0 Å². The number of hydrogen-bond donors (Lipinski definition) is 1. The Hall–Kier alpha value is -2.59. The first kappa shape index (κ1) is 28.0. The van der Waals surface area contributed by atoms with E-state index < -0.39 is 16.1 Å². The van der Waals surface area contributed by atoms with Crippen LogP contribution in [0.25, 0.3) is 0 Å². The first-order valence-electron chi connectivity index (χ1n) is 13.2. The largest absolute Gasteiger partial charge is 0.341 e. The normalized spacial score (nSPS) is 26.7. The number of hydrogen-bond acceptors (Lipinski definition) is 5. The first-order chi connectivity index (χ1) is 18.6. The maximum absolute atomic E-state index is 14.0. The lowest BCUT2D eigenvalue weighted by Crippen LogP contribution is -2.45. The zero-order valence-corrected chi connectivity index (χ0v) is 23.9. The van der Waals surface area contributed by atoms with E-state index in [1.54, 1.807) is 47.4 Å². The number of rotatable bonds is 1. The zero-order valence-electron chi connectivity index (χ0n) is 21.6. The summed E-state index contributed by atoms with van der Waals surface area (Å²) in [7, 11) is -4.19. The van der Waals surface area contributed by atoms with Gasteiger partial charge in [-0.15, -0.1) is 0 Å². The van der Waals surface area contributed by atoms with Gasteiger partial charge in [-0.05, 0) is 68.1 Å². The summed E-state index contributed by atoms with van der Waals surface area (Å²) in [5.41, 5.74) is 6.73. The van der Waals surface area contributed by atoms with Crippen molar-refractivity contribution in [1.82, 2.24) is 9.80 Å². The lowest BCUT2D eigenvalue weighted by atomic mass is 9.82. The Balaban J connectivity index is 1.60. The fourth-order valence-electron chi connectivity index (χ4n) is 5.83. The van der Waals surface area contributed by atoms with Gasteiger partial charge in [0.1, 0.15) is 4.90 Å². The third kappa shape index (κ3) is 5.68. The van der Waals surface area contributed by atoms with Gasteiger partial charge >= 0.3 is 0 Å². The van der Waals surface area contributed by atoms with Gasteiger partial charge in [0, 0.05) is 42.2 Å². The molecule has 0 radical (unpaired) electrons. The van der Waals surface area contributed by atoms with Crippen LogP contribution in [0.4, 0.5) is 5.69 Å². The summed E-state index contributed by atoms with van der Waals surface area (Å²) in [5.74, 6) is -0.364. The van der Waals surface area contributed by atoms with Crippen LogP contribution in [-0.2, 0) is 14.8 Å². The van der Waals surface area contributed by atoms with Gasteiger partial charge in [-0.3, -0.25) is 13.9 Å². The summed E-state index contributed by atoms with van der Waals surface area (Å²) in [6, 6.07) is 10.1. The standard InChI is InChI=1S/C28H32Cl2N4O4S/c29-21-7-9-22(10-8-21)34-15-3-1-5-24(31)27(36)33-16-13-28(19-33)12-2-4-14-32(18-28)26(35)20-6-11-23(30)25(17-20)39(34,37)38/h1,3,6-11,17,24H,2,4-5,12-16,18-19,31H2/b3-1+. The van der Waals surface area contributed by atoms with Crippen molar-refractivity contribution >= 4 is 50.7 Å². The molecule has 2 saturated heterocycles. The number of nitrogens with two attached hydrogens (primary N) is 1. The smallest absolute Gasteiger partial charge is 0.266 e. The van der Waals surface area contributed by atoms with Gasteiger partial charge in [-0.25, -0.2) is 8.42 Å². The molecule has 2 aromatic carbocycles. The van der Waals surface area contributed by atoms with E-state index in [1.807, 2.05) is 4.90 Å². The molecule has 8 nitrogen and oxygen atoms in total. The molecule has 5 rings (SSSR count). The van der Waals surface area contributed by atoms with Gasteiger partial charge in [0.15, 0.2) is 0 Å². The highest BCUT2D eigenvalue weighted by Crippen LogP contribution is 2.39. The average Bonchev–Trinajstić information content (AvgIpc) is 3.21. The minimum Gasteiger partial charge on any atom is -0.341 e. The minimum absolute atomic E-state index is 0.0267. The summed E-state index contributed by atoms with van der Waals surface area (Å²) in [5, 5.41) is 0.491. The van der Waals surface area contributed by atoms with Crippen LogP contribution >= 0.6 is 23.2 Å². The molecule has 3 heterocycles. The van der Waals surface area contributed by atoms with Gasteiger partial charge in [0.25, 0.3) is 15.9 Å². The van der Waals surface area contributed by atoms with E-state index in [9.17, 15) is 18.0 Å². The van der Waals surface area contributed by atoms with Crippen molar-refractivity contribution in [3.8, 4) is 0 Å². The topological polar surface area (TPSA) is 104 Å². The van der Waals surface area contributed by atoms with Crippen molar-refractivity contribution in [2.75, 3.05) is 37.0 Å². The van der Waals surface area contributed by atoms with E-state index in [-0.39, 0.29) is 45.7 Å². The Morgan fingerprint density at radius 2 is 1.64 bits per heavy atom. The van der Waals surface area contributed by atoms with Crippen LogP contribution < -0.4 is 10.0 Å². The lowest BCUT2D eigenvalue weighted by molar-refractivity contribution is -0.131. The Bertz CT molecular complexity index is 1400. The molecule has 3 aliphatic heterocycles. The van der Waals surface area contributed by atoms with E-state index in [2.05, 4.69) is 0 Å². The molecule has 2 amide bonds. The summed E-state index contributed by atoms with van der Waals surface area (Å²) >= 11 is 12.5. The summed E-state index contributed by atoms with van der Waals surface area (Å²) < 4.78 is 29.2.